The van der Waals surface area contributed by atoms with E-state index in [1.807, 2.05) is 24.3 Å². The van der Waals surface area contributed by atoms with E-state index < -0.39 is 66.2 Å². The van der Waals surface area contributed by atoms with Crippen molar-refractivity contribution < 1.29 is 43.8 Å². The fourth-order valence-corrected chi connectivity index (χ4v) is 5.92. The van der Waals surface area contributed by atoms with E-state index in [9.17, 15) is 38.7 Å². The Labute approximate surface area is 322 Å². The molecular formula is C38H60N8O9. The number of amides is 5. The molecule has 4 atom stereocenters. The smallest absolute Gasteiger partial charge is 0.326 e. The van der Waals surface area contributed by atoms with Gasteiger partial charge in [0.15, 0.2) is 0 Å². The Morgan fingerprint density at radius 3 is 2.09 bits per heavy atom. The Hall–Kier alpha value is -5.03. The number of carbonyl (C=O) groups is 7. The number of nitrogens with two attached hydrogens (primary N) is 1. The van der Waals surface area contributed by atoms with Crippen LogP contribution in [0.25, 0.3) is 10.9 Å². The van der Waals surface area contributed by atoms with Gasteiger partial charge in [-0.15, -0.1) is 0 Å². The molecule has 17 nitrogen and oxygen atoms in total. The van der Waals surface area contributed by atoms with E-state index >= 15 is 0 Å². The van der Waals surface area contributed by atoms with E-state index in [-0.39, 0.29) is 38.1 Å². The number of aromatic nitrogens is 1. The summed E-state index contributed by atoms with van der Waals surface area (Å²) < 4.78 is 0. The summed E-state index contributed by atoms with van der Waals surface area (Å²) in [6.45, 7) is 4.45. The largest absolute Gasteiger partial charge is 0.481 e. The summed E-state index contributed by atoms with van der Waals surface area (Å²) in [5, 5.41) is 35.6. The molecule has 2 aromatic rings. The second-order valence-electron chi connectivity index (χ2n) is 13.7. The SMILES string of the molecule is CCCCCCCCCC(=O)NCCNCC[C@H](N)C(=O)N[C@H](Cc1c[nH]c2ccccc12)C(=O)NCC[C@@H](NC(=O)[C@@H](CCC(=O)O)NC(C)=O)C(=O)O. The molecule has 11 N–H and O–H groups in total. The normalized spacial score (nSPS) is 13.2. The molecule has 0 saturated carbocycles. The van der Waals surface area contributed by atoms with Gasteiger partial charge in [-0.1, -0.05) is 63.6 Å². The highest BCUT2D eigenvalue weighted by Gasteiger charge is 2.28. The van der Waals surface area contributed by atoms with Gasteiger partial charge < -0.3 is 52.8 Å². The van der Waals surface area contributed by atoms with Gasteiger partial charge in [0, 0.05) is 62.9 Å². The van der Waals surface area contributed by atoms with Crippen LogP contribution in [0.4, 0.5) is 0 Å². The topological polar surface area (TPSA) is 274 Å². The number of rotatable bonds is 29. The summed E-state index contributed by atoms with van der Waals surface area (Å²) in [7, 11) is 0. The fraction of sp³-hybridized carbons (Fsp3) is 0.605. The molecule has 0 spiro atoms. The van der Waals surface area contributed by atoms with Gasteiger partial charge >= 0.3 is 11.9 Å². The predicted octanol–water partition coefficient (Wildman–Crippen LogP) is 1.20. The molecule has 1 heterocycles. The van der Waals surface area contributed by atoms with Crippen LogP contribution in [-0.2, 0) is 40.0 Å². The van der Waals surface area contributed by atoms with Crippen molar-refractivity contribution >= 4 is 52.4 Å². The third-order valence-electron chi connectivity index (χ3n) is 9.02. The minimum atomic E-state index is -1.48. The van der Waals surface area contributed by atoms with Crippen LogP contribution in [0.5, 0.6) is 0 Å². The second kappa shape index (κ2) is 25.9. The molecule has 0 unspecified atom stereocenters. The van der Waals surface area contributed by atoms with Gasteiger partial charge in [-0.25, -0.2) is 4.79 Å². The third-order valence-corrected chi connectivity index (χ3v) is 9.02. The van der Waals surface area contributed by atoms with Crippen molar-refractivity contribution in [2.24, 2.45) is 5.73 Å². The van der Waals surface area contributed by atoms with Crippen LogP contribution in [0.2, 0.25) is 0 Å². The first-order chi connectivity index (χ1) is 26.3. The van der Waals surface area contributed by atoms with Gasteiger partial charge in [-0.3, -0.25) is 28.8 Å². The maximum Gasteiger partial charge on any atom is 0.326 e. The number of hydrogen-bond acceptors (Lipinski definition) is 9. The molecule has 306 valence electrons. The number of benzene rings is 1. The van der Waals surface area contributed by atoms with Crippen LogP contribution >= 0.6 is 0 Å². The molecule has 17 heteroatoms. The molecule has 5 amide bonds. The molecule has 0 aliphatic carbocycles. The number of para-hydroxylation sites is 1. The van der Waals surface area contributed by atoms with Crippen LogP contribution < -0.4 is 37.6 Å². The average molecular weight is 773 g/mol. The number of unbranched alkanes of at least 4 members (excludes halogenated alkanes) is 6. The van der Waals surface area contributed by atoms with Crippen molar-refractivity contribution in [2.45, 2.75) is 121 Å². The van der Waals surface area contributed by atoms with E-state index in [2.05, 4.69) is 43.8 Å². The monoisotopic (exact) mass is 772 g/mol. The van der Waals surface area contributed by atoms with Crippen LogP contribution in [0, 0.1) is 0 Å². The van der Waals surface area contributed by atoms with Crippen LogP contribution in [0.15, 0.2) is 30.5 Å². The third kappa shape index (κ3) is 18.7. The van der Waals surface area contributed by atoms with Crippen molar-refractivity contribution in [1.29, 1.82) is 0 Å². The quantitative estimate of drug-likeness (QED) is 0.0525. The van der Waals surface area contributed by atoms with E-state index in [4.69, 9.17) is 10.8 Å². The fourth-order valence-electron chi connectivity index (χ4n) is 5.92. The number of hydrogen-bond donors (Lipinski definition) is 10. The first kappa shape index (κ1) is 46.1. The summed E-state index contributed by atoms with van der Waals surface area (Å²) >= 11 is 0. The highest BCUT2D eigenvalue weighted by atomic mass is 16.4. The van der Waals surface area contributed by atoms with E-state index in [1.165, 1.54) is 25.7 Å². The number of carboxylic acids is 2. The van der Waals surface area contributed by atoms with Gasteiger partial charge in [0.25, 0.3) is 0 Å². The number of aliphatic carboxylic acids is 2. The first-order valence-corrected chi connectivity index (χ1v) is 19.2. The van der Waals surface area contributed by atoms with Gasteiger partial charge in [-0.05, 0) is 43.9 Å². The minimum Gasteiger partial charge on any atom is -0.481 e. The Morgan fingerprint density at radius 1 is 0.709 bits per heavy atom. The molecule has 0 saturated heterocycles. The number of carboxylic acid groups (broad SMARTS) is 2. The zero-order chi connectivity index (χ0) is 40.6. The lowest BCUT2D eigenvalue weighted by atomic mass is 10.0. The zero-order valence-corrected chi connectivity index (χ0v) is 32.0. The molecule has 1 aromatic carbocycles. The lowest BCUT2D eigenvalue weighted by Crippen LogP contribution is -2.54. The Kier molecular flexibility index (Phi) is 21.7. The minimum absolute atomic E-state index is 0.0118. The molecule has 0 aliphatic heterocycles. The lowest BCUT2D eigenvalue weighted by Gasteiger charge is -2.22. The Balaban J connectivity index is 1.91. The standard InChI is InChI=1S/C38H60N8O9/c1-3-4-5-6-7-8-9-14-33(48)41-22-21-40-19-17-28(39)35(51)46-32(23-26-24-43-29-13-11-10-12-27(26)29)36(52)42-20-18-31(38(54)55)45-37(53)30(44-25(2)47)15-16-34(49)50/h10-13,24,28,30-32,40,43H,3-9,14-23,39H2,1-2H3,(H,41,48)(H,42,52)(H,44,47)(H,45,53)(H,46,51)(H,49,50)(H,54,55)/t28-,30+,31+,32+/m0/s1. The summed E-state index contributed by atoms with van der Waals surface area (Å²) in [6.07, 6.45) is 9.61. The van der Waals surface area contributed by atoms with Crippen molar-refractivity contribution in [3.63, 3.8) is 0 Å². The van der Waals surface area contributed by atoms with E-state index in [1.54, 1.807) is 6.20 Å². The molecular weight excluding hydrogens is 712 g/mol. The van der Waals surface area contributed by atoms with Crippen molar-refractivity contribution in [2.75, 3.05) is 26.2 Å². The van der Waals surface area contributed by atoms with Gasteiger partial charge in [0.2, 0.25) is 29.5 Å². The van der Waals surface area contributed by atoms with E-state index in [0.29, 0.717) is 26.1 Å². The summed E-state index contributed by atoms with van der Waals surface area (Å²) in [5.41, 5.74) is 7.77. The van der Waals surface area contributed by atoms with Crippen LogP contribution in [0.1, 0.15) is 96.5 Å². The van der Waals surface area contributed by atoms with E-state index in [0.717, 1.165) is 42.7 Å². The molecule has 2 rings (SSSR count). The summed E-state index contributed by atoms with van der Waals surface area (Å²) in [6, 6.07) is 2.65. The molecule has 55 heavy (non-hydrogen) atoms. The highest BCUT2D eigenvalue weighted by Crippen LogP contribution is 2.19. The number of H-pyrrole nitrogens is 1. The summed E-state index contributed by atoms with van der Waals surface area (Å²) in [5.74, 6) is -5.24. The predicted molar refractivity (Wildman–Crippen MR) is 207 cm³/mol. The maximum absolute atomic E-state index is 13.5. The number of fused-ring (bicyclic) bond motifs is 1. The number of nitrogens with one attached hydrogen (secondary N) is 7. The van der Waals surface area contributed by atoms with Gasteiger partial charge in [0.05, 0.1) is 6.04 Å². The summed E-state index contributed by atoms with van der Waals surface area (Å²) in [4.78, 5) is 89.2. The van der Waals surface area contributed by atoms with Crippen molar-refractivity contribution in [3.8, 4) is 0 Å². The van der Waals surface area contributed by atoms with Crippen LogP contribution in [-0.4, -0.2) is 107 Å². The Morgan fingerprint density at radius 2 is 1.40 bits per heavy atom. The lowest BCUT2D eigenvalue weighted by molar-refractivity contribution is -0.143. The van der Waals surface area contributed by atoms with Gasteiger partial charge in [-0.2, -0.15) is 0 Å². The molecule has 0 aliphatic rings. The maximum atomic E-state index is 13.5. The average Bonchev–Trinajstić information content (AvgIpc) is 3.55. The zero-order valence-electron chi connectivity index (χ0n) is 32.0. The van der Waals surface area contributed by atoms with Crippen molar-refractivity contribution in [3.05, 3.63) is 36.0 Å². The molecule has 0 fully saturated rings. The molecule has 0 bridgehead atoms. The second-order valence-corrected chi connectivity index (χ2v) is 13.7. The van der Waals surface area contributed by atoms with Crippen LogP contribution in [0.3, 0.4) is 0 Å². The Bertz CT molecular complexity index is 1550. The van der Waals surface area contributed by atoms with Crippen molar-refractivity contribution in [1.82, 2.24) is 36.9 Å². The first-order valence-electron chi connectivity index (χ1n) is 19.2. The van der Waals surface area contributed by atoms with Gasteiger partial charge in [0.1, 0.15) is 18.1 Å². The number of carbonyl (C=O) groups excluding carboxylic acids is 5. The number of aromatic amines is 1. The molecule has 0 radical (unpaired) electrons. The molecule has 1 aromatic heterocycles. The highest BCUT2D eigenvalue weighted by molar-refractivity contribution is 5.92.